The second kappa shape index (κ2) is 5.84. The van der Waals surface area contributed by atoms with Crippen molar-refractivity contribution in [2.75, 3.05) is 13.7 Å². The van der Waals surface area contributed by atoms with Crippen LogP contribution in [0.1, 0.15) is 26.2 Å². The highest BCUT2D eigenvalue weighted by atomic mass is 16.5. The summed E-state index contributed by atoms with van der Waals surface area (Å²) in [6.45, 7) is 2.35. The zero-order valence-corrected chi connectivity index (χ0v) is 9.73. The molecule has 1 aliphatic rings. The first kappa shape index (κ1) is 13.0. The van der Waals surface area contributed by atoms with Crippen molar-refractivity contribution in [1.82, 2.24) is 5.32 Å². The molecule has 0 bridgehead atoms. The topological polar surface area (TPSA) is 75.6 Å². The molecule has 0 aliphatic heterocycles. The van der Waals surface area contributed by atoms with Gasteiger partial charge in [0, 0.05) is 19.6 Å². The molecule has 1 unspecified atom stereocenters. The second-order valence-corrected chi connectivity index (χ2v) is 4.34. The van der Waals surface area contributed by atoms with Crippen LogP contribution in [0.25, 0.3) is 0 Å². The molecule has 5 heteroatoms. The molecule has 1 amide bonds. The lowest BCUT2D eigenvalue weighted by Gasteiger charge is -2.14. The lowest BCUT2D eigenvalue weighted by atomic mass is 10.0. The quantitative estimate of drug-likeness (QED) is 0.725. The molecule has 5 nitrogen and oxygen atoms in total. The summed E-state index contributed by atoms with van der Waals surface area (Å²) < 4.78 is 5.01. The van der Waals surface area contributed by atoms with E-state index in [4.69, 9.17) is 9.84 Å². The third-order valence-corrected chi connectivity index (χ3v) is 3.12. The summed E-state index contributed by atoms with van der Waals surface area (Å²) in [5.41, 5.74) is 0. The molecule has 0 spiro atoms. The lowest BCUT2D eigenvalue weighted by Crippen LogP contribution is -2.35. The van der Waals surface area contributed by atoms with Crippen LogP contribution in [0.2, 0.25) is 0 Å². The first-order valence-electron chi connectivity index (χ1n) is 5.58. The number of carboxylic acid groups (broad SMARTS) is 1. The van der Waals surface area contributed by atoms with Crippen LogP contribution in [0.3, 0.4) is 0 Å². The Bertz CT molecular complexity index is 267. The molecule has 0 aromatic heterocycles. The molecule has 0 heterocycles. The van der Waals surface area contributed by atoms with Gasteiger partial charge in [0.05, 0.1) is 12.0 Å². The minimum absolute atomic E-state index is 0.0133. The minimum Gasteiger partial charge on any atom is -0.481 e. The van der Waals surface area contributed by atoms with Gasteiger partial charge in [-0.05, 0) is 26.2 Å². The monoisotopic (exact) mass is 229 g/mol. The molecular weight excluding hydrogens is 210 g/mol. The zero-order valence-electron chi connectivity index (χ0n) is 9.73. The van der Waals surface area contributed by atoms with E-state index in [1.165, 1.54) is 0 Å². The van der Waals surface area contributed by atoms with E-state index in [9.17, 15) is 9.59 Å². The number of rotatable bonds is 5. The molecule has 1 saturated carbocycles. The fourth-order valence-corrected chi connectivity index (χ4v) is 1.92. The summed E-state index contributed by atoms with van der Waals surface area (Å²) in [6, 6.07) is 0. The molecule has 1 rings (SSSR count). The van der Waals surface area contributed by atoms with E-state index in [0.717, 1.165) is 0 Å². The number of carbonyl (C=O) groups is 2. The standard InChI is InChI=1S/C11H19NO4/c1-7(16-2)6-12-10(13)8-3-4-9(5-8)11(14)15/h7-9H,3-6H2,1-2H3,(H,12,13)(H,14,15)/t7?,8-,9+/m1/s1. The van der Waals surface area contributed by atoms with Gasteiger partial charge < -0.3 is 15.2 Å². The van der Waals surface area contributed by atoms with Crippen molar-refractivity contribution in [1.29, 1.82) is 0 Å². The maximum absolute atomic E-state index is 11.7. The van der Waals surface area contributed by atoms with Gasteiger partial charge in [-0.15, -0.1) is 0 Å². The van der Waals surface area contributed by atoms with Crippen molar-refractivity contribution in [2.24, 2.45) is 11.8 Å². The number of amides is 1. The van der Waals surface area contributed by atoms with Gasteiger partial charge >= 0.3 is 5.97 Å². The Morgan fingerprint density at radius 3 is 2.56 bits per heavy atom. The highest BCUT2D eigenvalue weighted by Gasteiger charge is 2.33. The van der Waals surface area contributed by atoms with Crippen LogP contribution in [0.4, 0.5) is 0 Å². The molecule has 1 fully saturated rings. The van der Waals surface area contributed by atoms with Gasteiger partial charge in [-0.3, -0.25) is 9.59 Å². The number of nitrogens with one attached hydrogen (secondary N) is 1. The summed E-state index contributed by atoms with van der Waals surface area (Å²) >= 11 is 0. The summed E-state index contributed by atoms with van der Waals surface area (Å²) in [4.78, 5) is 22.4. The molecular formula is C11H19NO4. The fourth-order valence-electron chi connectivity index (χ4n) is 1.92. The largest absolute Gasteiger partial charge is 0.481 e. The van der Waals surface area contributed by atoms with E-state index < -0.39 is 5.97 Å². The molecule has 92 valence electrons. The van der Waals surface area contributed by atoms with E-state index in [-0.39, 0.29) is 23.8 Å². The van der Waals surface area contributed by atoms with Gasteiger partial charge in [-0.2, -0.15) is 0 Å². The summed E-state index contributed by atoms with van der Waals surface area (Å²) in [5.74, 6) is -1.34. The zero-order chi connectivity index (χ0) is 12.1. The Hall–Kier alpha value is -1.10. The normalized spacial score (nSPS) is 26.4. The summed E-state index contributed by atoms with van der Waals surface area (Å²) in [5, 5.41) is 11.6. The van der Waals surface area contributed by atoms with E-state index >= 15 is 0 Å². The Balaban J connectivity index is 2.31. The van der Waals surface area contributed by atoms with Crippen molar-refractivity contribution in [3.63, 3.8) is 0 Å². The predicted molar refractivity (Wildman–Crippen MR) is 57.9 cm³/mol. The molecule has 16 heavy (non-hydrogen) atoms. The Kier molecular flexibility index (Phi) is 4.73. The molecule has 2 N–H and O–H groups in total. The van der Waals surface area contributed by atoms with Crippen LogP contribution in [0.5, 0.6) is 0 Å². The van der Waals surface area contributed by atoms with Crippen LogP contribution in [0, 0.1) is 11.8 Å². The predicted octanol–water partition coefficient (Wildman–Crippen LogP) is 0.638. The number of hydrogen-bond acceptors (Lipinski definition) is 3. The average molecular weight is 229 g/mol. The van der Waals surface area contributed by atoms with Gasteiger partial charge in [0.1, 0.15) is 0 Å². The molecule has 0 radical (unpaired) electrons. The van der Waals surface area contributed by atoms with E-state index in [2.05, 4.69) is 5.32 Å². The number of methoxy groups -OCH3 is 1. The Labute approximate surface area is 95.2 Å². The van der Waals surface area contributed by atoms with Crippen molar-refractivity contribution < 1.29 is 19.4 Å². The molecule has 0 saturated heterocycles. The van der Waals surface area contributed by atoms with Crippen LogP contribution in [-0.2, 0) is 14.3 Å². The number of carbonyl (C=O) groups excluding carboxylic acids is 1. The third-order valence-electron chi connectivity index (χ3n) is 3.12. The van der Waals surface area contributed by atoms with Gasteiger partial charge in [-0.25, -0.2) is 0 Å². The molecule has 0 aromatic carbocycles. The fraction of sp³-hybridized carbons (Fsp3) is 0.818. The maximum Gasteiger partial charge on any atom is 0.306 e. The van der Waals surface area contributed by atoms with E-state index in [1.807, 2.05) is 6.92 Å². The second-order valence-electron chi connectivity index (χ2n) is 4.34. The molecule has 0 aromatic rings. The van der Waals surface area contributed by atoms with Gasteiger partial charge in [-0.1, -0.05) is 0 Å². The molecule has 1 aliphatic carbocycles. The SMILES string of the molecule is COC(C)CNC(=O)[C@@H]1CC[C@H](C(=O)O)C1. The number of carboxylic acids is 1. The molecule has 3 atom stereocenters. The van der Waals surface area contributed by atoms with Crippen molar-refractivity contribution in [3.8, 4) is 0 Å². The Morgan fingerprint density at radius 1 is 1.44 bits per heavy atom. The van der Waals surface area contributed by atoms with Gasteiger partial charge in [0.15, 0.2) is 0 Å². The van der Waals surface area contributed by atoms with E-state index in [0.29, 0.717) is 25.8 Å². The summed E-state index contributed by atoms with van der Waals surface area (Å²) in [7, 11) is 1.59. The number of hydrogen-bond donors (Lipinski definition) is 2. The maximum atomic E-state index is 11.7. The van der Waals surface area contributed by atoms with Gasteiger partial charge in [0.25, 0.3) is 0 Å². The first-order chi connectivity index (χ1) is 7.54. The van der Waals surface area contributed by atoms with Crippen LogP contribution in [-0.4, -0.2) is 36.7 Å². The highest BCUT2D eigenvalue weighted by Crippen LogP contribution is 2.30. The highest BCUT2D eigenvalue weighted by molar-refractivity contribution is 5.80. The smallest absolute Gasteiger partial charge is 0.306 e. The summed E-state index contributed by atoms with van der Waals surface area (Å²) in [6.07, 6.45) is 1.72. The first-order valence-corrected chi connectivity index (χ1v) is 5.58. The lowest BCUT2D eigenvalue weighted by molar-refractivity contribution is -0.141. The number of aliphatic carboxylic acids is 1. The van der Waals surface area contributed by atoms with E-state index in [1.54, 1.807) is 7.11 Å². The van der Waals surface area contributed by atoms with Crippen molar-refractivity contribution in [2.45, 2.75) is 32.3 Å². The number of ether oxygens (including phenoxy) is 1. The van der Waals surface area contributed by atoms with Crippen LogP contribution < -0.4 is 5.32 Å². The minimum atomic E-state index is -0.791. The van der Waals surface area contributed by atoms with Gasteiger partial charge in [0.2, 0.25) is 5.91 Å². The van der Waals surface area contributed by atoms with Crippen molar-refractivity contribution >= 4 is 11.9 Å². The third kappa shape index (κ3) is 3.48. The van der Waals surface area contributed by atoms with Crippen LogP contribution >= 0.6 is 0 Å². The van der Waals surface area contributed by atoms with Crippen molar-refractivity contribution in [3.05, 3.63) is 0 Å². The average Bonchev–Trinajstić information content (AvgIpc) is 2.74. The Morgan fingerprint density at radius 2 is 2.06 bits per heavy atom. The van der Waals surface area contributed by atoms with Crippen LogP contribution in [0.15, 0.2) is 0 Å².